The summed E-state index contributed by atoms with van der Waals surface area (Å²) < 4.78 is 1.65. The average Bonchev–Trinajstić information content (AvgIpc) is 2.77. The van der Waals surface area contributed by atoms with Crippen LogP contribution in [0.4, 0.5) is 11.4 Å². The number of nitro benzene ring substituents is 1. The van der Waals surface area contributed by atoms with Crippen molar-refractivity contribution in [2.45, 2.75) is 13.3 Å². The van der Waals surface area contributed by atoms with Gasteiger partial charge in [0.05, 0.1) is 4.92 Å². The number of nitrogens with one attached hydrogen (secondary N) is 1. The van der Waals surface area contributed by atoms with Crippen molar-refractivity contribution in [1.82, 2.24) is 14.8 Å². The molecule has 1 N–H and O–H groups in total. The molecule has 0 atom stereocenters. The first-order chi connectivity index (χ1) is 9.06. The zero-order valence-corrected chi connectivity index (χ0v) is 10.8. The highest BCUT2D eigenvalue weighted by Gasteiger charge is 2.08. The van der Waals surface area contributed by atoms with Crippen molar-refractivity contribution >= 4 is 11.4 Å². The molecule has 0 spiro atoms. The third-order valence-electron chi connectivity index (χ3n) is 2.74. The normalized spacial score (nSPS) is 10.4. The van der Waals surface area contributed by atoms with Crippen molar-refractivity contribution in [2.75, 3.05) is 11.9 Å². The summed E-state index contributed by atoms with van der Waals surface area (Å²) in [6.45, 7) is 2.54. The smallest absolute Gasteiger partial charge is 0.271 e. The molecule has 0 aliphatic rings. The summed E-state index contributed by atoms with van der Waals surface area (Å²) in [6, 6.07) is 4.78. The van der Waals surface area contributed by atoms with Crippen molar-refractivity contribution < 1.29 is 4.92 Å². The molecule has 0 bridgehead atoms. The summed E-state index contributed by atoms with van der Waals surface area (Å²) in [5.41, 5.74) is 1.83. The van der Waals surface area contributed by atoms with E-state index in [4.69, 9.17) is 0 Å². The van der Waals surface area contributed by atoms with Gasteiger partial charge < -0.3 is 5.32 Å². The second kappa shape index (κ2) is 5.47. The van der Waals surface area contributed by atoms with Gasteiger partial charge in [-0.25, -0.2) is 4.98 Å². The van der Waals surface area contributed by atoms with Crippen LogP contribution in [0.2, 0.25) is 0 Å². The molecule has 0 fully saturated rings. The van der Waals surface area contributed by atoms with E-state index in [-0.39, 0.29) is 5.69 Å². The van der Waals surface area contributed by atoms with Crippen LogP contribution in [0.25, 0.3) is 0 Å². The predicted molar refractivity (Wildman–Crippen MR) is 71.0 cm³/mol. The Hall–Kier alpha value is -2.44. The first-order valence-electron chi connectivity index (χ1n) is 5.89. The molecule has 100 valence electrons. The molecule has 1 heterocycles. The van der Waals surface area contributed by atoms with Gasteiger partial charge in [-0.15, -0.1) is 0 Å². The minimum Gasteiger partial charge on any atom is -0.384 e. The molecule has 19 heavy (non-hydrogen) atoms. The molecule has 2 aromatic rings. The van der Waals surface area contributed by atoms with Gasteiger partial charge in [0.1, 0.15) is 6.33 Å². The summed E-state index contributed by atoms with van der Waals surface area (Å²) in [5.74, 6) is 0.748. The van der Waals surface area contributed by atoms with Gasteiger partial charge in [0.25, 0.3) is 5.69 Å². The maximum atomic E-state index is 10.7. The van der Waals surface area contributed by atoms with E-state index in [0.717, 1.165) is 17.1 Å². The number of aryl methyl sites for hydroxylation is 2. The molecule has 7 heteroatoms. The zero-order valence-electron chi connectivity index (χ0n) is 10.8. The van der Waals surface area contributed by atoms with Gasteiger partial charge in [-0.3, -0.25) is 14.8 Å². The fourth-order valence-electron chi connectivity index (χ4n) is 1.72. The molecule has 0 aliphatic carbocycles. The Bertz CT molecular complexity index is 594. The largest absolute Gasteiger partial charge is 0.384 e. The Balaban J connectivity index is 1.99. The Morgan fingerprint density at radius 2 is 2.26 bits per heavy atom. The van der Waals surface area contributed by atoms with Crippen LogP contribution in [0.5, 0.6) is 0 Å². The molecule has 1 aromatic carbocycles. The molecule has 1 aromatic heterocycles. The maximum absolute atomic E-state index is 10.7. The van der Waals surface area contributed by atoms with E-state index >= 15 is 0 Å². The first kappa shape index (κ1) is 13.0. The third kappa shape index (κ3) is 3.27. The highest BCUT2D eigenvalue weighted by atomic mass is 16.6. The SMILES string of the molecule is Cc1ccc([N+](=O)[O-])cc1NCCc1ncn(C)n1. The van der Waals surface area contributed by atoms with Gasteiger partial charge in [0, 0.05) is 37.8 Å². The number of hydrogen-bond acceptors (Lipinski definition) is 5. The van der Waals surface area contributed by atoms with Gasteiger partial charge in [-0.05, 0) is 12.5 Å². The van der Waals surface area contributed by atoms with E-state index in [1.807, 2.05) is 14.0 Å². The minimum absolute atomic E-state index is 0.0871. The number of benzene rings is 1. The number of anilines is 1. The van der Waals surface area contributed by atoms with Crippen molar-refractivity contribution in [2.24, 2.45) is 7.05 Å². The fourth-order valence-corrected chi connectivity index (χ4v) is 1.72. The topological polar surface area (TPSA) is 85.9 Å². The van der Waals surface area contributed by atoms with Crippen molar-refractivity contribution in [3.63, 3.8) is 0 Å². The number of non-ortho nitro benzene ring substituents is 1. The van der Waals surface area contributed by atoms with Crippen molar-refractivity contribution in [3.05, 3.63) is 46.0 Å². The average molecular weight is 261 g/mol. The number of hydrogen-bond donors (Lipinski definition) is 1. The van der Waals surface area contributed by atoms with Crippen LogP contribution >= 0.6 is 0 Å². The quantitative estimate of drug-likeness (QED) is 0.653. The molecular weight excluding hydrogens is 246 g/mol. The maximum Gasteiger partial charge on any atom is 0.271 e. The van der Waals surface area contributed by atoms with Crippen LogP contribution in [0.15, 0.2) is 24.5 Å². The highest BCUT2D eigenvalue weighted by Crippen LogP contribution is 2.21. The molecule has 0 radical (unpaired) electrons. The van der Waals surface area contributed by atoms with E-state index in [1.165, 1.54) is 6.07 Å². The van der Waals surface area contributed by atoms with Crippen LogP contribution in [0.3, 0.4) is 0 Å². The molecule has 0 unspecified atom stereocenters. The molecule has 2 rings (SSSR count). The third-order valence-corrected chi connectivity index (χ3v) is 2.74. The monoisotopic (exact) mass is 261 g/mol. The van der Waals surface area contributed by atoms with E-state index in [0.29, 0.717) is 13.0 Å². The van der Waals surface area contributed by atoms with E-state index in [2.05, 4.69) is 15.4 Å². The van der Waals surface area contributed by atoms with Crippen LogP contribution in [-0.4, -0.2) is 26.2 Å². The van der Waals surface area contributed by atoms with Crippen LogP contribution in [0, 0.1) is 17.0 Å². The number of rotatable bonds is 5. The van der Waals surface area contributed by atoms with Gasteiger partial charge in [-0.1, -0.05) is 6.07 Å². The molecular formula is C12H15N5O2. The zero-order chi connectivity index (χ0) is 13.8. The Kier molecular flexibility index (Phi) is 3.74. The Labute approximate surface area is 110 Å². The summed E-state index contributed by atoms with van der Waals surface area (Å²) in [5, 5.41) is 18.1. The fraction of sp³-hybridized carbons (Fsp3) is 0.333. The summed E-state index contributed by atoms with van der Waals surface area (Å²) >= 11 is 0. The number of aromatic nitrogens is 3. The molecule has 0 amide bonds. The van der Waals surface area contributed by atoms with E-state index in [9.17, 15) is 10.1 Å². The highest BCUT2D eigenvalue weighted by molar-refractivity contribution is 5.56. The number of nitrogens with zero attached hydrogens (tertiary/aromatic N) is 4. The Morgan fingerprint density at radius 1 is 1.47 bits per heavy atom. The van der Waals surface area contributed by atoms with E-state index < -0.39 is 4.92 Å². The number of nitro groups is 1. The summed E-state index contributed by atoms with van der Waals surface area (Å²) in [6.07, 6.45) is 2.32. The predicted octanol–water partition coefficient (Wildman–Crippen LogP) is 1.69. The molecule has 0 saturated carbocycles. The lowest BCUT2D eigenvalue weighted by Gasteiger charge is -2.08. The van der Waals surface area contributed by atoms with Crippen LogP contribution in [-0.2, 0) is 13.5 Å². The Morgan fingerprint density at radius 3 is 2.89 bits per heavy atom. The minimum atomic E-state index is -0.398. The van der Waals surface area contributed by atoms with Crippen LogP contribution in [0.1, 0.15) is 11.4 Å². The summed E-state index contributed by atoms with van der Waals surface area (Å²) in [4.78, 5) is 14.4. The molecule has 0 saturated heterocycles. The van der Waals surface area contributed by atoms with Gasteiger partial charge >= 0.3 is 0 Å². The van der Waals surface area contributed by atoms with Crippen LogP contribution < -0.4 is 5.32 Å². The lowest BCUT2D eigenvalue weighted by Crippen LogP contribution is -2.07. The first-order valence-corrected chi connectivity index (χ1v) is 5.89. The summed E-state index contributed by atoms with van der Waals surface area (Å²) in [7, 11) is 1.81. The lowest BCUT2D eigenvalue weighted by molar-refractivity contribution is -0.384. The van der Waals surface area contributed by atoms with Gasteiger partial charge in [0.15, 0.2) is 5.82 Å². The van der Waals surface area contributed by atoms with Gasteiger partial charge in [0.2, 0.25) is 0 Å². The lowest BCUT2D eigenvalue weighted by atomic mass is 10.2. The second-order valence-corrected chi connectivity index (χ2v) is 4.27. The standard InChI is InChI=1S/C12H15N5O2/c1-9-3-4-10(17(18)19)7-11(9)13-6-5-12-14-8-16(2)15-12/h3-4,7-8,13H,5-6H2,1-2H3. The van der Waals surface area contributed by atoms with Gasteiger partial charge in [-0.2, -0.15) is 5.10 Å². The molecule has 0 aliphatic heterocycles. The second-order valence-electron chi connectivity index (χ2n) is 4.27. The van der Waals surface area contributed by atoms with Crippen molar-refractivity contribution in [3.8, 4) is 0 Å². The van der Waals surface area contributed by atoms with E-state index in [1.54, 1.807) is 23.1 Å². The molecule has 7 nitrogen and oxygen atoms in total. The van der Waals surface area contributed by atoms with Crippen molar-refractivity contribution in [1.29, 1.82) is 0 Å².